The molecule has 1 aromatic carbocycles. The molecule has 0 saturated carbocycles. The predicted molar refractivity (Wildman–Crippen MR) is 109 cm³/mol. The lowest BCUT2D eigenvalue weighted by Gasteiger charge is -2.11. The number of nitrogens with zero attached hydrogens (tertiary/aromatic N) is 4. The molecule has 4 aromatic rings. The first kappa shape index (κ1) is 18.6. The van der Waals surface area contributed by atoms with Gasteiger partial charge in [0.05, 0.1) is 12.0 Å². The van der Waals surface area contributed by atoms with Crippen molar-refractivity contribution in [2.45, 2.75) is 38.2 Å². The van der Waals surface area contributed by atoms with Gasteiger partial charge in [0.1, 0.15) is 6.26 Å². The van der Waals surface area contributed by atoms with Crippen LogP contribution >= 0.6 is 11.8 Å². The normalized spacial score (nSPS) is 11.4. The maximum atomic E-state index is 5.66. The Morgan fingerprint density at radius 1 is 1.07 bits per heavy atom. The number of aryl methyl sites for hydroxylation is 1. The number of furan rings is 1. The van der Waals surface area contributed by atoms with E-state index in [0.717, 1.165) is 34.5 Å². The van der Waals surface area contributed by atoms with Crippen LogP contribution in [0.25, 0.3) is 23.0 Å². The zero-order chi connectivity index (χ0) is 19.5. The highest BCUT2D eigenvalue weighted by Crippen LogP contribution is 2.28. The lowest BCUT2D eigenvalue weighted by molar-refractivity contribution is 0.489. The van der Waals surface area contributed by atoms with Crippen molar-refractivity contribution in [1.82, 2.24) is 19.7 Å². The molecule has 0 unspecified atom stereocenters. The van der Waals surface area contributed by atoms with E-state index in [-0.39, 0.29) is 0 Å². The van der Waals surface area contributed by atoms with Crippen molar-refractivity contribution in [3.8, 4) is 23.0 Å². The summed E-state index contributed by atoms with van der Waals surface area (Å²) in [5.41, 5.74) is 3.06. The molecule has 0 aliphatic rings. The maximum absolute atomic E-state index is 5.66. The van der Waals surface area contributed by atoms with Crippen molar-refractivity contribution in [1.29, 1.82) is 0 Å². The van der Waals surface area contributed by atoms with Crippen LogP contribution in [0.3, 0.4) is 0 Å². The summed E-state index contributed by atoms with van der Waals surface area (Å²) in [5, 5.41) is 9.56. The molecular weight excluding hydrogens is 372 g/mol. The van der Waals surface area contributed by atoms with E-state index in [0.29, 0.717) is 17.6 Å². The van der Waals surface area contributed by atoms with Crippen molar-refractivity contribution in [2.75, 3.05) is 0 Å². The fourth-order valence-electron chi connectivity index (χ4n) is 2.85. The molecule has 0 aliphatic carbocycles. The summed E-state index contributed by atoms with van der Waals surface area (Å²) in [6, 6.07) is 11.9. The molecule has 0 saturated heterocycles. The van der Waals surface area contributed by atoms with Crippen molar-refractivity contribution < 1.29 is 8.83 Å². The minimum Gasteiger partial charge on any atom is -0.461 e. The highest BCUT2D eigenvalue weighted by Gasteiger charge is 2.18. The fraction of sp³-hybridized carbons (Fsp3) is 0.286. The quantitative estimate of drug-likeness (QED) is 0.388. The van der Waals surface area contributed by atoms with E-state index in [1.807, 2.05) is 24.3 Å². The number of aromatic nitrogens is 4. The van der Waals surface area contributed by atoms with Gasteiger partial charge >= 0.3 is 0 Å². The van der Waals surface area contributed by atoms with Gasteiger partial charge in [0.2, 0.25) is 5.89 Å². The van der Waals surface area contributed by atoms with E-state index >= 15 is 0 Å². The van der Waals surface area contributed by atoms with Gasteiger partial charge in [-0.05, 0) is 37.1 Å². The number of hydrogen-bond donors (Lipinski definition) is 0. The number of rotatable bonds is 7. The molecule has 6 nitrogen and oxygen atoms in total. The lowest BCUT2D eigenvalue weighted by Crippen LogP contribution is -2.07. The first-order valence-electron chi connectivity index (χ1n) is 9.21. The van der Waals surface area contributed by atoms with Gasteiger partial charge in [0, 0.05) is 17.9 Å². The van der Waals surface area contributed by atoms with E-state index in [9.17, 15) is 0 Å². The Labute approximate surface area is 168 Å². The van der Waals surface area contributed by atoms with Crippen LogP contribution in [0.1, 0.15) is 25.1 Å². The second-order valence-electron chi connectivity index (χ2n) is 7.09. The van der Waals surface area contributed by atoms with Crippen LogP contribution in [0.2, 0.25) is 0 Å². The van der Waals surface area contributed by atoms with Crippen molar-refractivity contribution in [2.24, 2.45) is 5.92 Å². The van der Waals surface area contributed by atoms with Crippen LogP contribution in [0.15, 0.2) is 62.9 Å². The van der Waals surface area contributed by atoms with E-state index < -0.39 is 0 Å². The van der Waals surface area contributed by atoms with E-state index in [1.165, 1.54) is 5.56 Å². The Balaban J connectivity index is 1.51. The third-order valence-electron chi connectivity index (χ3n) is 4.21. The summed E-state index contributed by atoms with van der Waals surface area (Å²) >= 11 is 1.60. The molecule has 0 amide bonds. The molecular formula is C21H22N4O2S. The molecule has 0 spiro atoms. The number of thioether (sulfide) groups is 1. The average molecular weight is 395 g/mol. The van der Waals surface area contributed by atoms with Gasteiger partial charge in [-0.25, -0.2) is 4.98 Å². The minimum absolute atomic E-state index is 0.462. The smallest absolute Gasteiger partial charge is 0.226 e. The summed E-state index contributed by atoms with van der Waals surface area (Å²) in [7, 11) is 0. The van der Waals surface area contributed by atoms with Crippen LogP contribution in [-0.2, 0) is 12.3 Å². The summed E-state index contributed by atoms with van der Waals surface area (Å²) in [4.78, 5) is 4.61. The Hall–Kier alpha value is -2.80. The largest absolute Gasteiger partial charge is 0.461 e. The molecule has 0 aliphatic heterocycles. The Morgan fingerprint density at radius 2 is 1.89 bits per heavy atom. The fourth-order valence-corrected chi connectivity index (χ4v) is 3.68. The van der Waals surface area contributed by atoms with E-state index in [2.05, 4.69) is 52.7 Å². The molecule has 0 bridgehead atoms. The van der Waals surface area contributed by atoms with Crippen molar-refractivity contribution in [3.63, 3.8) is 0 Å². The molecule has 0 radical (unpaired) electrons. The Bertz CT molecular complexity index is 1030. The maximum Gasteiger partial charge on any atom is 0.226 e. The molecule has 0 N–H and O–H groups in total. The van der Waals surface area contributed by atoms with Gasteiger partial charge in [-0.2, -0.15) is 0 Å². The molecule has 3 heterocycles. The van der Waals surface area contributed by atoms with Crippen molar-refractivity contribution >= 4 is 11.8 Å². The highest BCUT2D eigenvalue weighted by molar-refractivity contribution is 7.98. The zero-order valence-electron chi connectivity index (χ0n) is 16.1. The van der Waals surface area contributed by atoms with Crippen LogP contribution in [0.5, 0.6) is 0 Å². The van der Waals surface area contributed by atoms with Gasteiger partial charge in [0.15, 0.2) is 16.7 Å². The Kier molecular flexibility index (Phi) is 5.34. The van der Waals surface area contributed by atoms with E-state index in [4.69, 9.17) is 8.83 Å². The monoisotopic (exact) mass is 394 g/mol. The minimum atomic E-state index is 0.462. The first-order chi connectivity index (χ1) is 13.6. The zero-order valence-corrected chi connectivity index (χ0v) is 16.9. The molecule has 7 heteroatoms. The molecule has 0 fully saturated rings. The summed E-state index contributed by atoms with van der Waals surface area (Å²) < 4.78 is 13.3. The third kappa shape index (κ3) is 4.04. The van der Waals surface area contributed by atoms with Gasteiger partial charge in [-0.3, -0.25) is 4.57 Å². The number of benzene rings is 1. The summed E-state index contributed by atoms with van der Waals surface area (Å²) in [5.74, 6) is 3.23. The van der Waals surface area contributed by atoms with Crippen LogP contribution in [0, 0.1) is 12.8 Å². The predicted octanol–water partition coefficient (Wildman–Crippen LogP) is 5.45. The average Bonchev–Trinajstić information content (AvgIpc) is 3.41. The summed E-state index contributed by atoms with van der Waals surface area (Å²) in [6.07, 6.45) is 3.36. The highest BCUT2D eigenvalue weighted by atomic mass is 32.2. The van der Waals surface area contributed by atoms with Gasteiger partial charge < -0.3 is 8.83 Å². The number of oxazole rings is 1. The standard InChI is InChI=1S/C21H22N4O2S/c1-14(2)11-25-19(18-5-4-10-26-18)23-24-21(25)28-13-17-12-27-20(22-17)16-8-6-15(3)7-9-16/h4-10,12,14H,11,13H2,1-3H3. The molecule has 3 aromatic heterocycles. The third-order valence-corrected chi connectivity index (χ3v) is 5.21. The van der Waals surface area contributed by atoms with Crippen LogP contribution in [-0.4, -0.2) is 19.7 Å². The lowest BCUT2D eigenvalue weighted by atomic mass is 10.1. The molecule has 4 rings (SSSR count). The SMILES string of the molecule is Cc1ccc(-c2nc(CSc3nnc(-c4ccco4)n3CC(C)C)co2)cc1. The van der Waals surface area contributed by atoms with Crippen LogP contribution in [0.4, 0.5) is 0 Å². The topological polar surface area (TPSA) is 69.9 Å². The second kappa shape index (κ2) is 8.06. The van der Waals surface area contributed by atoms with Gasteiger partial charge in [0.25, 0.3) is 0 Å². The molecule has 28 heavy (non-hydrogen) atoms. The van der Waals surface area contributed by atoms with Gasteiger partial charge in [-0.1, -0.05) is 43.3 Å². The summed E-state index contributed by atoms with van der Waals surface area (Å²) in [6.45, 7) is 7.22. The first-order valence-corrected chi connectivity index (χ1v) is 10.2. The Morgan fingerprint density at radius 3 is 2.61 bits per heavy atom. The van der Waals surface area contributed by atoms with Gasteiger partial charge in [-0.15, -0.1) is 10.2 Å². The van der Waals surface area contributed by atoms with E-state index in [1.54, 1.807) is 24.3 Å². The second-order valence-corrected chi connectivity index (χ2v) is 8.03. The molecule has 0 atom stereocenters. The molecule has 144 valence electrons. The van der Waals surface area contributed by atoms with Crippen molar-refractivity contribution in [3.05, 3.63) is 60.2 Å². The number of hydrogen-bond acceptors (Lipinski definition) is 6. The van der Waals surface area contributed by atoms with Crippen LogP contribution < -0.4 is 0 Å².